The van der Waals surface area contributed by atoms with E-state index in [4.69, 9.17) is 4.74 Å². The van der Waals surface area contributed by atoms with Gasteiger partial charge >= 0.3 is 0 Å². The van der Waals surface area contributed by atoms with Crippen LogP contribution >= 0.6 is 0 Å². The van der Waals surface area contributed by atoms with Gasteiger partial charge < -0.3 is 19.5 Å². The first-order chi connectivity index (χ1) is 15.2. The van der Waals surface area contributed by atoms with Crippen molar-refractivity contribution in [2.45, 2.75) is 19.4 Å². The summed E-state index contributed by atoms with van der Waals surface area (Å²) >= 11 is 0. The van der Waals surface area contributed by atoms with E-state index in [0.717, 1.165) is 29.8 Å². The van der Waals surface area contributed by atoms with Gasteiger partial charge in [-0.1, -0.05) is 12.1 Å². The van der Waals surface area contributed by atoms with Crippen molar-refractivity contribution in [2.24, 2.45) is 5.92 Å². The summed E-state index contributed by atoms with van der Waals surface area (Å²) < 4.78 is 7.00. The minimum atomic E-state index is -0.210. The zero-order valence-electron chi connectivity index (χ0n) is 17.5. The van der Waals surface area contributed by atoms with Gasteiger partial charge in [0.15, 0.2) is 0 Å². The quantitative estimate of drug-likeness (QED) is 0.668. The molecule has 3 aromatic rings. The van der Waals surface area contributed by atoms with Crippen molar-refractivity contribution >= 4 is 11.8 Å². The van der Waals surface area contributed by atoms with Crippen LogP contribution in [0.3, 0.4) is 0 Å². The minimum Gasteiger partial charge on any atom is -0.497 e. The number of hydrogen-bond donors (Lipinski definition) is 1. The Morgan fingerprint density at radius 1 is 1.16 bits per heavy atom. The number of pyridine rings is 1. The van der Waals surface area contributed by atoms with E-state index in [1.54, 1.807) is 24.4 Å². The van der Waals surface area contributed by atoms with Crippen LogP contribution in [0.15, 0.2) is 67.1 Å². The van der Waals surface area contributed by atoms with Crippen LogP contribution in [0, 0.1) is 5.92 Å². The zero-order chi connectivity index (χ0) is 21.6. The number of rotatable bonds is 6. The molecular weight excluding hydrogens is 392 g/mol. The van der Waals surface area contributed by atoms with E-state index < -0.39 is 0 Å². The molecule has 7 heteroatoms. The Kier molecular flexibility index (Phi) is 6.31. The Balaban J connectivity index is 1.38. The maximum absolute atomic E-state index is 13.2. The van der Waals surface area contributed by atoms with E-state index in [2.05, 4.69) is 10.3 Å². The van der Waals surface area contributed by atoms with Gasteiger partial charge in [0.25, 0.3) is 5.91 Å². The smallest absolute Gasteiger partial charge is 0.270 e. The SMILES string of the molecule is COc1ccc(CNC(=O)[C@@H]2CCCN(C(=O)c3cccn3-c3cccnc3)C2)cc1. The van der Waals surface area contributed by atoms with Gasteiger partial charge in [-0.25, -0.2) is 0 Å². The third-order valence-electron chi connectivity index (χ3n) is 5.60. The highest BCUT2D eigenvalue weighted by Crippen LogP contribution is 2.21. The molecule has 2 amide bonds. The monoisotopic (exact) mass is 418 g/mol. The van der Waals surface area contributed by atoms with E-state index in [-0.39, 0.29) is 17.7 Å². The summed E-state index contributed by atoms with van der Waals surface area (Å²) in [7, 11) is 1.63. The highest BCUT2D eigenvalue weighted by Gasteiger charge is 2.30. The predicted octanol–water partition coefficient (Wildman–Crippen LogP) is 3.05. The molecule has 3 heterocycles. The van der Waals surface area contributed by atoms with E-state index in [1.807, 2.05) is 59.3 Å². The summed E-state index contributed by atoms with van der Waals surface area (Å²) in [5, 5.41) is 3.01. The number of aromatic nitrogens is 2. The largest absolute Gasteiger partial charge is 0.497 e. The molecule has 1 aromatic carbocycles. The lowest BCUT2D eigenvalue weighted by atomic mass is 9.96. The molecule has 1 fully saturated rings. The average molecular weight is 418 g/mol. The Labute approximate surface area is 181 Å². The molecular formula is C24H26N4O3. The van der Waals surface area contributed by atoms with Crippen LogP contribution in [0.4, 0.5) is 0 Å². The number of likely N-dealkylation sites (tertiary alicyclic amines) is 1. The summed E-state index contributed by atoms with van der Waals surface area (Å²) in [6.07, 6.45) is 6.87. The molecule has 1 aliphatic rings. The van der Waals surface area contributed by atoms with E-state index in [1.165, 1.54) is 0 Å². The molecule has 7 nitrogen and oxygen atoms in total. The minimum absolute atomic E-state index is 0.0176. The Hall–Kier alpha value is -3.61. The summed E-state index contributed by atoms with van der Waals surface area (Å²) in [6.45, 7) is 1.53. The molecule has 0 radical (unpaired) electrons. The number of hydrogen-bond acceptors (Lipinski definition) is 4. The summed E-state index contributed by atoms with van der Waals surface area (Å²) in [4.78, 5) is 31.9. The normalized spacial score (nSPS) is 16.0. The molecule has 4 rings (SSSR count). The van der Waals surface area contributed by atoms with Crippen molar-refractivity contribution in [1.29, 1.82) is 0 Å². The summed E-state index contributed by atoms with van der Waals surface area (Å²) in [5.74, 6) is 0.489. The first kappa shape index (κ1) is 20.7. The van der Waals surface area contributed by atoms with Crippen LogP contribution in [0.5, 0.6) is 5.75 Å². The Bertz CT molecular complexity index is 1030. The molecule has 0 aliphatic carbocycles. The first-order valence-electron chi connectivity index (χ1n) is 10.4. The maximum atomic E-state index is 13.2. The fourth-order valence-corrected chi connectivity index (χ4v) is 3.89. The van der Waals surface area contributed by atoms with Gasteiger partial charge in [0.1, 0.15) is 11.4 Å². The molecule has 0 bridgehead atoms. The summed E-state index contributed by atoms with van der Waals surface area (Å²) in [6, 6.07) is 15.0. The second kappa shape index (κ2) is 9.47. The van der Waals surface area contributed by atoms with Gasteiger partial charge in [-0.05, 0) is 54.8 Å². The molecule has 0 unspecified atom stereocenters. The van der Waals surface area contributed by atoms with Gasteiger partial charge in [-0.2, -0.15) is 0 Å². The molecule has 160 valence electrons. The fourth-order valence-electron chi connectivity index (χ4n) is 3.89. The number of amides is 2. The van der Waals surface area contributed by atoms with Crippen LogP contribution < -0.4 is 10.1 Å². The van der Waals surface area contributed by atoms with Gasteiger partial charge in [-0.15, -0.1) is 0 Å². The van der Waals surface area contributed by atoms with Gasteiger partial charge in [-0.3, -0.25) is 14.6 Å². The number of carbonyl (C=O) groups is 2. The van der Waals surface area contributed by atoms with Gasteiger partial charge in [0, 0.05) is 32.0 Å². The molecule has 1 N–H and O–H groups in total. The van der Waals surface area contributed by atoms with Crippen LogP contribution in [-0.4, -0.2) is 46.5 Å². The molecule has 1 saturated heterocycles. The zero-order valence-corrected chi connectivity index (χ0v) is 17.5. The summed E-state index contributed by atoms with van der Waals surface area (Å²) in [5.41, 5.74) is 2.42. The molecule has 1 atom stereocenters. The first-order valence-corrected chi connectivity index (χ1v) is 10.4. The van der Waals surface area contributed by atoms with E-state index >= 15 is 0 Å². The van der Waals surface area contributed by atoms with E-state index in [9.17, 15) is 9.59 Å². The van der Waals surface area contributed by atoms with Gasteiger partial charge in [0.05, 0.1) is 24.9 Å². The van der Waals surface area contributed by atoms with Crippen LogP contribution in [-0.2, 0) is 11.3 Å². The number of nitrogens with zero attached hydrogens (tertiary/aromatic N) is 3. The third-order valence-corrected chi connectivity index (χ3v) is 5.60. The second-order valence-electron chi connectivity index (χ2n) is 7.63. The Morgan fingerprint density at radius 3 is 2.74 bits per heavy atom. The highest BCUT2D eigenvalue weighted by molar-refractivity contribution is 5.94. The molecule has 0 spiro atoms. The predicted molar refractivity (Wildman–Crippen MR) is 117 cm³/mol. The number of carbonyl (C=O) groups excluding carboxylic acids is 2. The maximum Gasteiger partial charge on any atom is 0.270 e. The molecule has 0 saturated carbocycles. The van der Waals surface area contributed by atoms with Crippen molar-refractivity contribution in [3.8, 4) is 11.4 Å². The third kappa shape index (κ3) is 4.77. The molecule has 2 aromatic heterocycles. The van der Waals surface area contributed by atoms with E-state index in [0.29, 0.717) is 25.3 Å². The number of benzene rings is 1. The molecule has 31 heavy (non-hydrogen) atoms. The van der Waals surface area contributed by atoms with Crippen molar-refractivity contribution in [1.82, 2.24) is 19.8 Å². The van der Waals surface area contributed by atoms with Crippen LogP contribution in [0.2, 0.25) is 0 Å². The number of methoxy groups -OCH3 is 1. The van der Waals surface area contributed by atoms with Crippen molar-refractivity contribution in [3.63, 3.8) is 0 Å². The van der Waals surface area contributed by atoms with Crippen LogP contribution in [0.25, 0.3) is 5.69 Å². The van der Waals surface area contributed by atoms with Gasteiger partial charge in [0.2, 0.25) is 5.91 Å². The van der Waals surface area contributed by atoms with Crippen molar-refractivity contribution < 1.29 is 14.3 Å². The average Bonchev–Trinajstić information content (AvgIpc) is 3.33. The van der Waals surface area contributed by atoms with Crippen molar-refractivity contribution in [3.05, 3.63) is 78.4 Å². The lowest BCUT2D eigenvalue weighted by Gasteiger charge is -2.32. The standard InChI is InChI=1S/C24H26N4O3/c1-31-21-10-8-18(9-11-21)15-26-23(29)19-5-3-13-27(17-19)24(30)22-7-4-14-28(22)20-6-2-12-25-16-20/h2,4,6-12,14,16,19H,3,5,13,15,17H2,1H3,(H,26,29)/t19-/m1/s1. The van der Waals surface area contributed by atoms with Crippen LogP contribution in [0.1, 0.15) is 28.9 Å². The Morgan fingerprint density at radius 2 is 2.00 bits per heavy atom. The lowest BCUT2D eigenvalue weighted by molar-refractivity contribution is -0.126. The van der Waals surface area contributed by atoms with Crippen molar-refractivity contribution in [2.75, 3.05) is 20.2 Å². The number of nitrogens with one attached hydrogen (secondary N) is 1. The number of ether oxygens (including phenoxy) is 1. The fraction of sp³-hybridized carbons (Fsp3) is 0.292. The highest BCUT2D eigenvalue weighted by atomic mass is 16.5. The lowest BCUT2D eigenvalue weighted by Crippen LogP contribution is -2.45. The number of piperidine rings is 1. The molecule has 1 aliphatic heterocycles. The second-order valence-corrected chi connectivity index (χ2v) is 7.63. The topological polar surface area (TPSA) is 76.5 Å².